The van der Waals surface area contributed by atoms with Gasteiger partial charge in [-0.2, -0.15) is 0 Å². The van der Waals surface area contributed by atoms with E-state index in [2.05, 4.69) is 22.9 Å². The fraction of sp³-hybridized carbons (Fsp3) is 1.00. The van der Waals surface area contributed by atoms with E-state index < -0.39 is 0 Å². The molecule has 0 aromatic rings. The molecule has 0 aromatic heterocycles. The smallest absolute Gasteiger partial charge is 0.0705 e. The third-order valence-corrected chi connectivity index (χ3v) is 2.13. The number of aliphatic hydroxyl groups is 1. The molecule has 0 aromatic carbocycles. The third-order valence-electron chi connectivity index (χ3n) is 1.94. The number of piperidine rings is 1. The molecule has 3 nitrogen and oxygen atoms in total. The maximum absolute atomic E-state index is 9.36. The highest BCUT2D eigenvalue weighted by molar-refractivity contribution is 7.78. The molecule has 10 heavy (non-hydrogen) atoms. The molecule has 1 aliphatic rings. The Kier molecular flexibility index (Phi) is 3.48. The quantitative estimate of drug-likeness (QED) is 0.410. The van der Waals surface area contributed by atoms with Crippen LogP contribution in [0.5, 0.6) is 0 Å². The first kappa shape index (κ1) is 8.33. The standard InChI is InChI=1S/C6H14N2OS/c9-6-4-7-2-1-5(6)3-8-10/h5-10H,1-4H2/t5-,6+/m0/s1. The van der Waals surface area contributed by atoms with Crippen LogP contribution in [0.25, 0.3) is 0 Å². The van der Waals surface area contributed by atoms with Gasteiger partial charge in [0.05, 0.1) is 6.10 Å². The lowest BCUT2D eigenvalue weighted by molar-refractivity contribution is 0.0848. The maximum Gasteiger partial charge on any atom is 0.0705 e. The van der Waals surface area contributed by atoms with Crippen LogP contribution in [-0.4, -0.2) is 30.8 Å². The number of hydrogen-bond acceptors (Lipinski definition) is 4. The minimum Gasteiger partial charge on any atom is -0.391 e. The summed E-state index contributed by atoms with van der Waals surface area (Å²) >= 11 is 3.89. The summed E-state index contributed by atoms with van der Waals surface area (Å²) in [6.07, 6.45) is 0.836. The van der Waals surface area contributed by atoms with Gasteiger partial charge in [0.25, 0.3) is 0 Å². The van der Waals surface area contributed by atoms with Crippen molar-refractivity contribution in [3.63, 3.8) is 0 Å². The van der Waals surface area contributed by atoms with E-state index in [9.17, 15) is 5.11 Å². The van der Waals surface area contributed by atoms with Crippen LogP contribution in [0.2, 0.25) is 0 Å². The first-order chi connectivity index (χ1) is 4.84. The second kappa shape index (κ2) is 4.18. The van der Waals surface area contributed by atoms with Gasteiger partial charge in [0.15, 0.2) is 0 Å². The molecule has 3 N–H and O–H groups in total. The lowest BCUT2D eigenvalue weighted by atomic mass is 9.96. The summed E-state index contributed by atoms with van der Waals surface area (Å²) in [5, 5.41) is 12.5. The summed E-state index contributed by atoms with van der Waals surface area (Å²) in [4.78, 5) is 0. The molecular weight excluding hydrogens is 148 g/mol. The monoisotopic (exact) mass is 162 g/mol. The number of thiol groups is 1. The Morgan fingerprint density at radius 2 is 2.50 bits per heavy atom. The number of nitrogens with one attached hydrogen (secondary N) is 2. The fourth-order valence-corrected chi connectivity index (χ4v) is 1.49. The van der Waals surface area contributed by atoms with E-state index >= 15 is 0 Å². The molecule has 0 saturated carbocycles. The summed E-state index contributed by atoms with van der Waals surface area (Å²) in [6.45, 7) is 2.53. The molecule has 60 valence electrons. The zero-order chi connectivity index (χ0) is 7.40. The first-order valence-corrected chi connectivity index (χ1v) is 4.05. The van der Waals surface area contributed by atoms with Crippen LogP contribution in [-0.2, 0) is 0 Å². The number of rotatable bonds is 2. The summed E-state index contributed by atoms with van der Waals surface area (Å²) in [7, 11) is 0. The van der Waals surface area contributed by atoms with Gasteiger partial charge in [-0.1, -0.05) is 12.8 Å². The van der Waals surface area contributed by atoms with Crippen molar-refractivity contribution in [3.8, 4) is 0 Å². The van der Waals surface area contributed by atoms with E-state index in [1.54, 1.807) is 0 Å². The van der Waals surface area contributed by atoms with Crippen molar-refractivity contribution in [2.75, 3.05) is 19.6 Å². The molecule has 1 fully saturated rings. The van der Waals surface area contributed by atoms with Gasteiger partial charge in [-0.25, -0.2) is 0 Å². The molecule has 0 aliphatic carbocycles. The number of β-amino-alcohol motifs (C(OH)–C–C–N with tert-alkyl or cyclic N) is 1. The Morgan fingerprint density at radius 1 is 1.70 bits per heavy atom. The topological polar surface area (TPSA) is 44.3 Å². The molecule has 0 bridgehead atoms. The Bertz CT molecular complexity index is 99.7. The Labute approximate surface area is 66.7 Å². The number of hydrogen-bond donors (Lipinski definition) is 4. The lowest BCUT2D eigenvalue weighted by Gasteiger charge is -2.27. The predicted molar refractivity (Wildman–Crippen MR) is 44.0 cm³/mol. The average Bonchev–Trinajstić information content (AvgIpc) is 1.94. The van der Waals surface area contributed by atoms with Crippen LogP contribution in [0.15, 0.2) is 0 Å². The molecule has 1 rings (SSSR count). The molecule has 0 radical (unpaired) electrons. The summed E-state index contributed by atoms with van der Waals surface area (Å²) in [5.41, 5.74) is 0. The van der Waals surface area contributed by atoms with Gasteiger partial charge >= 0.3 is 0 Å². The van der Waals surface area contributed by atoms with Crippen molar-refractivity contribution >= 4 is 12.8 Å². The summed E-state index contributed by atoms with van der Waals surface area (Å²) < 4.78 is 2.77. The van der Waals surface area contributed by atoms with Gasteiger partial charge in [0.1, 0.15) is 0 Å². The van der Waals surface area contributed by atoms with E-state index in [1.165, 1.54) is 0 Å². The van der Waals surface area contributed by atoms with Gasteiger partial charge in [-0.05, 0) is 13.0 Å². The first-order valence-electron chi connectivity index (χ1n) is 3.60. The average molecular weight is 162 g/mol. The largest absolute Gasteiger partial charge is 0.391 e. The molecule has 1 heterocycles. The van der Waals surface area contributed by atoms with Crippen LogP contribution < -0.4 is 10.0 Å². The molecule has 4 heteroatoms. The van der Waals surface area contributed by atoms with Crippen molar-refractivity contribution in [3.05, 3.63) is 0 Å². The van der Waals surface area contributed by atoms with Gasteiger partial charge in [-0.3, -0.25) is 4.72 Å². The molecular formula is C6H14N2OS. The second-order valence-corrected chi connectivity index (χ2v) is 3.00. The Morgan fingerprint density at radius 3 is 3.10 bits per heavy atom. The minimum absolute atomic E-state index is 0.201. The number of aliphatic hydroxyl groups excluding tert-OH is 1. The fourth-order valence-electron chi connectivity index (χ4n) is 1.25. The van der Waals surface area contributed by atoms with Crippen molar-refractivity contribution in [2.24, 2.45) is 5.92 Å². The van der Waals surface area contributed by atoms with Crippen molar-refractivity contribution in [1.29, 1.82) is 0 Å². The lowest BCUT2D eigenvalue weighted by Crippen LogP contribution is -2.43. The highest BCUT2D eigenvalue weighted by Crippen LogP contribution is 2.10. The minimum atomic E-state index is -0.201. The molecule has 2 atom stereocenters. The van der Waals surface area contributed by atoms with E-state index in [0.717, 1.165) is 26.1 Å². The van der Waals surface area contributed by atoms with Gasteiger partial charge in [-0.15, -0.1) is 0 Å². The van der Waals surface area contributed by atoms with Gasteiger partial charge < -0.3 is 10.4 Å². The Balaban J connectivity index is 2.25. The van der Waals surface area contributed by atoms with Gasteiger partial charge in [0, 0.05) is 19.0 Å². The highest BCUT2D eigenvalue weighted by atomic mass is 32.1. The van der Waals surface area contributed by atoms with Crippen molar-refractivity contribution in [1.82, 2.24) is 10.0 Å². The van der Waals surface area contributed by atoms with Crippen LogP contribution in [0.3, 0.4) is 0 Å². The zero-order valence-corrected chi connectivity index (χ0v) is 6.77. The van der Waals surface area contributed by atoms with Crippen LogP contribution >= 0.6 is 12.8 Å². The highest BCUT2D eigenvalue weighted by Gasteiger charge is 2.21. The maximum atomic E-state index is 9.36. The summed E-state index contributed by atoms with van der Waals surface area (Å²) in [5.74, 6) is 0.374. The molecule has 0 amide bonds. The third kappa shape index (κ3) is 2.12. The van der Waals surface area contributed by atoms with E-state index in [-0.39, 0.29) is 6.10 Å². The van der Waals surface area contributed by atoms with Crippen molar-refractivity contribution < 1.29 is 5.11 Å². The molecule has 1 aliphatic heterocycles. The van der Waals surface area contributed by atoms with Crippen LogP contribution in [0.4, 0.5) is 0 Å². The Hall–Kier alpha value is 0.230. The summed E-state index contributed by atoms with van der Waals surface area (Å²) in [6, 6.07) is 0. The molecule has 0 spiro atoms. The van der Waals surface area contributed by atoms with E-state index in [0.29, 0.717) is 5.92 Å². The SMILES string of the molecule is O[C@@H]1CNCC[C@H]1CNS. The second-order valence-electron chi connectivity index (χ2n) is 2.68. The van der Waals surface area contributed by atoms with Crippen molar-refractivity contribution in [2.45, 2.75) is 12.5 Å². The predicted octanol–water partition coefficient (Wildman–Crippen LogP) is -0.609. The van der Waals surface area contributed by atoms with E-state index in [1.807, 2.05) is 0 Å². The zero-order valence-electron chi connectivity index (χ0n) is 5.88. The molecule has 0 unspecified atom stereocenters. The molecule has 1 saturated heterocycles. The van der Waals surface area contributed by atoms with Crippen LogP contribution in [0, 0.1) is 5.92 Å². The van der Waals surface area contributed by atoms with Crippen LogP contribution in [0.1, 0.15) is 6.42 Å². The van der Waals surface area contributed by atoms with Gasteiger partial charge in [0.2, 0.25) is 0 Å². The normalized spacial score (nSPS) is 34.2. The van der Waals surface area contributed by atoms with E-state index in [4.69, 9.17) is 0 Å².